The normalized spacial score (nSPS) is 53.5. The fourth-order valence-corrected chi connectivity index (χ4v) is 9.62. The zero-order valence-corrected chi connectivity index (χ0v) is 40.9. The molecular formula is C42H73NO35. The van der Waals surface area contributed by atoms with E-state index in [9.17, 15) is 112 Å². The minimum Gasteiger partial charge on any atom is -0.394 e. The van der Waals surface area contributed by atoms with E-state index < -0.39 is 261 Å². The molecule has 0 radical (unpaired) electrons. The SMILES string of the molecule is N[C@H]1[C@H](OC[C@H]2O[C@@H](OC[C@H]3O[C@@H](OC[C@H]4O[C@@H](OC[C@H]5O[C@@H](O)[C@H](O)[C@@H](O)[C@@H]5O)[C@H](O)[C@@H](O[C@@H]5O[C@H](CO)[C@@H](O)[C@H](O)[C@H]5O)[C@@H]4O)[C@H](O)[C@@H](O)[C@@H]3O)[C@H](O)[C@@H](O[C@@H]3O[C@H](CO)[C@@H](O)[C@H](O)[C@H]3O)[C@@H]2O)O[C@H](CO)[C@@H](O)[C@@H]1O. The first kappa shape index (κ1) is 64.1. The van der Waals surface area contributed by atoms with E-state index >= 15 is 0 Å². The van der Waals surface area contributed by atoms with Gasteiger partial charge in [-0.15, -0.1) is 0 Å². The van der Waals surface area contributed by atoms with Gasteiger partial charge < -0.3 is 180 Å². The van der Waals surface area contributed by atoms with Crippen molar-refractivity contribution in [2.24, 2.45) is 5.73 Å². The van der Waals surface area contributed by atoms with E-state index in [-0.39, 0.29) is 0 Å². The summed E-state index contributed by atoms with van der Waals surface area (Å²) in [5, 5.41) is 232. The van der Waals surface area contributed by atoms with Crippen molar-refractivity contribution in [1.29, 1.82) is 0 Å². The van der Waals surface area contributed by atoms with E-state index in [0.29, 0.717) is 0 Å². The third-order valence-corrected chi connectivity index (χ3v) is 14.5. The molecule has 0 aliphatic carbocycles. The van der Waals surface area contributed by atoms with E-state index in [1.165, 1.54) is 0 Å². The van der Waals surface area contributed by atoms with Gasteiger partial charge in [-0.2, -0.15) is 0 Å². The number of aliphatic hydroxyl groups is 22. The van der Waals surface area contributed by atoms with Crippen molar-refractivity contribution >= 4 is 0 Å². The molecule has 7 rings (SSSR count). The van der Waals surface area contributed by atoms with Gasteiger partial charge in [0.15, 0.2) is 44.0 Å². The number of hydrogen-bond donors (Lipinski definition) is 23. The minimum atomic E-state index is -2.14. The van der Waals surface area contributed by atoms with E-state index in [0.717, 1.165) is 0 Å². The predicted octanol–water partition coefficient (Wildman–Crippen LogP) is -16.3. The molecule has 0 amide bonds. The Morgan fingerprint density at radius 2 is 0.526 bits per heavy atom. The summed E-state index contributed by atoms with van der Waals surface area (Å²) in [5.41, 5.74) is 5.98. The molecule has 7 aliphatic heterocycles. The molecule has 0 aromatic heterocycles. The van der Waals surface area contributed by atoms with Gasteiger partial charge in [0, 0.05) is 0 Å². The molecule has 35 atom stereocenters. The number of rotatable bonds is 19. The van der Waals surface area contributed by atoms with Crippen molar-refractivity contribution in [2.75, 3.05) is 46.2 Å². The molecule has 36 heteroatoms. The molecule has 0 spiro atoms. The van der Waals surface area contributed by atoms with E-state index in [1.54, 1.807) is 0 Å². The van der Waals surface area contributed by atoms with Crippen LogP contribution in [-0.2, 0) is 61.6 Å². The molecule has 7 fully saturated rings. The van der Waals surface area contributed by atoms with Gasteiger partial charge in [0.05, 0.1) is 52.3 Å². The van der Waals surface area contributed by atoms with Crippen LogP contribution in [-0.4, -0.2) is 373 Å². The first-order chi connectivity index (χ1) is 36.8. The summed E-state index contributed by atoms with van der Waals surface area (Å²) in [7, 11) is 0. The molecule has 7 aliphatic rings. The van der Waals surface area contributed by atoms with Gasteiger partial charge in [-0.25, -0.2) is 0 Å². The van der Waals surface area contributed by atoms with Crippen LogP contribution in [0.5, 0.6) is 0 Å². The second-order valence-electron chi connectivity index (χ2n) is 19.8. The summed E-state index contributed by atoms with van der Waals surface area (Å²) in [6.07, 6.45) is -64.5. The van der Waals surface area contributed by atoms with Crippen molar-refractivity contribution in [1.82, 2.24) is 0 Å². The highest BCUT2D eigenvalue weighted by Crippen LogP contribution is 2.35. The number of aliphatic hydroxyl groups excluding tert-OH is 22. The Morgan fingerprint density at radius 1 is 0.256 bits per heavy atom. The summed E-state index contributed by atoms with van der Waals surface area (Å²) in [6.45, 7) is -6.07. The molecule has 0 unspecified atom stereocenters. The van der Waals surface area contributed by atoms with Crippen molar-refractivity contribution in [3.05, 3.63) is 0 Å². The molecule has 24 N–H and O–H groups in total. The lowest BCUT2D eigenvalue weighted by molar-refractivity contribution is -0.374. The van der Waals surface area contributed by atoms with Crippen molar-refractivity contribution in [3.8, 4) is 0 Å². The molecule has 0 bridgehead atoms. The third-order valence-electron chi connectivity index (χ3n) is 14.5. The van der Waals surface area contributed by atoms with Gasteiger partial charge in [-0.1, -0.05) is 0 Å². The smallest absolute Gasteiger partial charge is 0.187 e. The fraction of sp³-hybridized carbons (Fsp3) is 1.00. The monoisotopic (exact) mass is 1150 g/mol. The maximum atomic E-state index is 11.5. The molecule has 0 aromatic rings. The Balaban J connectivity index is 1.06. The molecule has 78 heavy (non-hydrogen) atoms. The Kier molecular flexibility index (Phi) is 22.6. The molecule has 0 saturated carbocycles. The molecule has 456 valence electrons. The van der Waals surface area contributed by atoms with Crippen molar-refractivity contribution in [3.63, 3.8) is 0 Å². The predicted molar refractivity (Wildman–Crippen MR) is 234 cm³/mol. The lowest BCUT2D eigenvalue weighted by Gasteiger charge is -2.47. The van der Waals surface area contributed by atoms with Crippen LogP contribution < -0.4 is 5.73 Å². The standard InChI is InChI=1S/C42H73NO35/c43-15-23(54)16(47)8(1-44)71-37(15)66-6-13-21(52)34(77-41-30(61)25(56)17(48)9(2-45)72-41)33(64)40(75-13)69-5-12-20(51)27(58)29(60)38(74-12)67-7-14-22(53)35(78-42-31(62)26(57)18(49)10(3-46)73-42)32(63)39(76-14)68-4-11-19(50)24(55)28(59)36(65)70-11/h8-42,44-65H,1-7,43H2/t8-,9-,10-,11-,12-,13-,14-,15-,16-,17-,18-,19-,20-,21-,22-,23-,24+,25+,26+,27+,28-,29-,30-,31-,32-,33-,34+,35+,36-,37-,38-,39-,40-,41+,42+/m1/s1. The topological polar surface area (TPSA) is 591 Å². The van der Waals surface area contributed by atoms with Crippen LogP contribution in [0.25, 0.3) is 0 Å². The lowest BCUT2D eigenvalue weighted by Crippen LogP contribution is -2.66. The highest BCUT2D eigenvalue weighted by atomic mass is 16.8. The van der Waals surface area contributed by atoms with Crippen molar-refractivity contribution < 1.29 is 174 Å². The summed E-state index contributed by atoms with van der Waals surface area (Å²) in [5.74, 6) is 0. The third kappa shape index (κ3) is 13.5. The largest absolute Gasteiger partial charge is 0.394 e. The van der Waals surface area contributed by atoms with Crippen LogP contribution in [0.4, 0.5) is 0 Å². The average molecular weight is 1150 g/mol. The zero-order chi connectivity index (χ0) is 57.3. The first-order valence-corrected chi connectivity index (χ1v) is 24.7. The van der Waals surface area contributed by atoms with Gasteiger partial charge in [0.2, 0.25) is 0 Å². The Morgan fingerprint density at radius 3 is 0.910 bits per heavy atom. The number of ether oxygens (including phenoxy) is 13. The Bertz CT molecular complexity index is 1820. The average Bonchev–Trinajstić information content (AvgIpc) is 3.46. The summed E-state index contributed by atoms with van der Waals surface area (Å²) < 4.78 is 72.6. The summed E-state index contributed by atoms with van der Waals surface area (Å²) >= 11 is 0. The van der Waals surface area contributed by atoms with Crippen LogP contribution in [0.2, 0.25) is 0 Å². The van der Waals surface area contributed by atoms with E-state index in [1.807, 2.05) is 0 Å². The lowest BCUT2D eigenvalue weighted by atomic mass is 9.96. The number of nitrogens with two attached hydrogens (primary N) is 1. The summed E-state index contributed by atoms with van der Waals surface area (Å²) in [6, 6.07) is -1.45. The quantitative estimate of drug-likeness (QED) is 0.0571. The van der Waals surface area contributed by atoms with Gasteiger partial charge in [-0.05, 0) is 0 Å². The maximum Gasteiger partial charge on any atom is 0.187 e. The van der Waals surface area contributed by atoms with Gasteiger partial charge >= 0.3 is 0 Å². The van der Waals surface area contributed by atoms with Crippen LogP contribution in [0.3, 0.4) is 0 Å². The Labute approximate surface area is 440 Å². The maximum absolute atomic E-state index is 11.5. The second kappa shape index (κ2) is 27.5. The molecule has 7 saturated heterocycles. The second-order valence-corrected chi connectivity index (χ2v) is 19.8. The molecule has 7 heterocycles. The Hall–Kier alpha value is -1.44. The molecule has 0 aromatic carbocycles. The first-order valence-electron chi connectivity index (χ1n) is 24.7. The highest BCUT2D eigenvalue weighted by molar-refractivity contribution is 4.99. The van der Waals surface area contributed by atoms with Crippen LogP contribution in [0.15, 0.2) is 0 Å². The summed E-state index contributed by atoms with van der Waals surface area (Å²) in [4.78, 5) is 0. The van der Waals surface area contributed by atoms with Crippen LogP contribution in [0.1, 0.15) is 0 Å². The van der Waals surface area contributed by atoms with Crippen molar-refractivity contribution in [2.45, 2.75) is 215 Å². The zero-order valence-electron chi connectivity index (χ0n) is 40.9. The highest BCUT2D eigenvalue weighted by Gasteiger charge is 2.56. The van der Waals surface area contributed by atoms with E-state index in [4.69, 9.17) is 67.3 Å². The fourth-order valence-electron chi connectivity index (χ4n) is 9.62. The minimum absolute atomic E-state index is 0.774. The van der Waals surface area contributed by atoms with Gasteiger partial charge in [0.25, 0.3) is 0 Å². The number of hydrogen-bond acceptors (Lipinski definition) is 36. The molecular weight excluding hydrogens is 1080 g/mol. The van der Waals surface area contributed by atoms with Gasteiger partial charge in [-0.3, -0.25) is 0 Å². The van der Waals surface area contributed by atoms with Crippen LogP contribution in [0, 0.1) is 0 Å². The van der Waals surface area contributed by atoms with Crippen LogP contribution >= 0.6 is 0 Å². The van der Waals surface area contributed by atoms with E-state index in [2.05, 4.69) is 0 Å². The molecule has 36 nitrogen and oxygen atoms in total. The van der Waals surface area contributed by atoms with Gasteiger partial charge in [0.1, 0.15) is 165 Å².